The minimum atomic E-state index is -0.237. The molecule has 35 heavy (non-hydrogen) atoms. The molecule has 3 aromatic heterocycles. The summed E-state index contributed by atoms with van der Waals surface area (Å²) in [7, 11) is 0. The fraction of sp³-hybridized carbons (Fsp3) is 0.185. The molecule has 0 amide bonds. The van der Waals surface area contributed by atoms with E-state index in [1.165, 1.54) is 0 Å². The van der Waals surface area contributed by atoms with Crippen molar-refractivity contribution in [1.82, 2.24) is 24.0 Å². The summed E-state index contributed by atoms with van der Waals surface area (Å²) in [5.74, 6) is 0.922. The molecule has 0 saturated carbocycles. The molecule has 1 aliphatic heterocycles. The average molecular weight is 466 g/mol. The fourth-order valence-electron chi connectivity index (χ4n) is 4.66. The highest BCUT2D eigenvalue weighted by molar-refractivity contribution is 5.98. The molecular formula is C27H23N5O3. The SMILES string of the molecule is O=C(Cc1ccc(Oc2ccn3nccc3n2)cc1)c1c2n(n(-c3ccccc3)c1=O)CCCC2. The van der Waals surface area contributed by atoms with E-state index in [-0.39, 0.29) is 17.8 Å². The molecule has 1 aliphatic rings. The number of benzene rings is 2. The number of carbonyl (C=O) groups is 1. The zero-order chi connectivity index (χ0) is 23.8. The van der Waals surface area contributed by atoms with Crippen molar-refractivity contribution in [3.8, 4) is 17.3 Å². The van der Waals surface area contributed by atoms with Gasteiger partial charge in [0.05, 0.1) is 17.6 Å². The third-order valence-corrected chi connectivity index (χ3v) is 6.30. The number of fused-ring (bicyclic) bond motifs is 2. The summed E-state index contributed by atoms with van der Waals surface area (Å²) in [6.45, 7) is 0.734. The van der Waals surface area contributed by atoms with Gasteiger partial charge in [0.1, 0.15) is 11.3 Å². The Balaban J connectivity index is 1.24. The summed E-state index contributed by atoms with van der Waals surface area (Å²) in [5.41, 5.74) is 3.22. The Morgan fingerprint density at radius 3 is 2.63 bits per heavy atom. The molecule has 2 aromatic carbocycles. The molecular weight excluding hydrogens is 442 g/mol. The van der Waals surface area contributed by atoms with Crippen LogP contribution in [0.25, 0.3) is 11.3 Å². The van der Waals surface area contributed by atoms with Gasteiger partial charge in [0.25, 0.3) is 5.56 Å². The van der Waals surface area contributed by atoms with E-state index in [2.05, 4.69) is 10.1 Å². The molecule has 8 nitrogen and oxygen atoms in total. The van der Waals surface area contributed by atoms with Crippen molar-refractivity contribution in [2.24, 2.45) is 0 Å². The van der Waals surface area contributed by atoms with E-state index in [0.29, 0.717) is 22.8 Å². The van der Waals surface area contributed by atoms with Gasteiger partial charge in [-0.05, 0) is 49.1 Å². The first-order chi connectivity index (χ1) is 17.2. The van der Waals surface area contributed by atoms with Crippen LogP contribution in [0.4, 0.5) is 0 Å². The van der Waals surface area contributed by atoms with Gasteiger partial charge in [-0.15, -0.1) is 0 Å². The number of aromatic nitrogens is 5. The molecule has 0 saturated heterocycles. The van der Waals surface area contributed by atoms with Gasteiger partial charge in [0, 0.05) is 31.3 Å². The zero-order valence-electron chi connectivity index (χ0n) is 19.0. The first-order valence-corrected chi connectivity index (χ1v) is 11.7. The van der Waals surface area contributed by atoms with Gasteiger partial charge in [-0.1, -0.05) is 30.3 Å². The Hall–Kier alpha value is -4.46. The molecule has 174 valence electrons. The van der Waals surface area contributed by atoms with Gasteiger partial charge >= 0.3 is 0 Å². The van der Waals surface area contributed by atoms with Gasteiger partial charge in [-0.2, -0.15) is 10.1 Å². The van der Waals surface area contributed by atoms with Crippen LogP contribution in [0, 0.1) is 0 Å². The van der Waals surface area contributed by atoms with Crippen LogP contribution in [0.15, 0.2) is 83.9 Å². The molecule has 0 N–H and O–H groups in total. The quantitative estimate of drug-likeness (QED) is 0.351. The van der Waals surface area contributed by atoms with Crippen LogP contribution in [0.2, 0.25) is 0 Å². The molecule has 5 aromatic rings. The number of carbonyl (C=O) groups excluding carboxylic acids is 1. The number of para-hydroxylation sites is 1. The van der Waals surface area contributed by atoms with Crippen LogP contribution in [-0.4, -0.2) is 29.7 Å². The van der Waals surface area contributed by atoms with Gasteiger partial charge in [-0.25, -0.2) is 9.20 Å². The lowest BCUT2D eigenvalue weighted by molar-refractivity contribution is 0.0990. The summed E-state index contributed by atoms with van der Waals surface area (Å²) < 4.78 is 11.2. The monoisotopic (exact) mass is 465 g/mol. The highest BCUT2D eigenvalue weighted by Gasteiger charge is 2.27. The molecule has 0 atom stereocenters. The molecule has 0 fully saturated rings. The van der Waals surface area contributed by atoms with E-state index < -0.39 is 0 Å². The van der Waals surface area contributed by atoms with Crippen molar-refractivity contribution >= 4 is 11.4 Å². The summed E-state index contributed by atoms with van der Waals surface area (Å²) >= 11 is 0. The van der Waals surface area contributed by atoms with Crippen LogP contribution >= 0.6 is 0 Å². The largest absolute Gasteiger partial charge is 0.439 e. The van der Waals surface area contributed by atoms with Gasteiger partial charge in [0.2, 0.25) is 5.88 Å². The number of hydrogen-bond donors (Lipinski definition) is 0. The van der Waals surface area contributed by atoms with E-state index in [1.54, 1.807) is 33.7 Å². The number of hydrogen-bond acceptors (Lipinski definition) is 5. The minimum Gasteiger partial charge on any atom is -0.439 e. The van der Waals surface area contributed by atoms with E-state index in [4.69, 9.17) is 4.74 Å². The Morgan fingerprint density at radius 1 is 0.971 bits per heavy atom. The molecule has 0 aliphatic carbocycles. The second-order valence-electron chi connectivity index (χ2n) is 8.60. The van der Waals surface area contributed by atoms with E-state index in [1.807, 2.05) is 59.3 Å². The second kappa shape index (κ2) is 8.72. The predicted molar refractivity (Wildman–Crippen MR) is 131 cm³/mol. The van der Waals surface area contributed by atoms with Crippen LogP contribution in [-0.2, 0) is 19.4 Å². The van der Waals surface area contributed by atoms with E-state index in [0.717, 1.165) is 42.8 Å². The maximum Gasteiger partial charge on any atom is 0.282 e. The highest BCUT2D eigenvalue weighted by Crippen LogP contribution is 2.23. The number of ketones is 1. The van der Waals surface area contributed by atoms with E-state index in [9.17, 15) is 9.59 Å². The molecule has 0 unspecified atom stereocenters. The molecule has 0 radical (unpaired) electrons. The fourth-order valence-corrected chi connectivity index (χ4v) is 4.66. The molecule has 4 heterocycles. The molecule has 8 heteroatoms. The number of nitrogens with zero attached hydrogens (tertiary/aromatic N) is 5. The number of Topliss-reactive ketones (excluding diaryl/α,β-unsaturated/α-hetero) is 1. The van der Waals surface area contributed by atoms with Crippen molar-refractivity contribution in [3.63, 3.8) is 0 Å². The Labute approximate surface area is 201 Å². The predicted octanol–water partition coefficient (Wildman–Crippen LogP) is 4.24. The maximum atomic E-state index is 13.4. The molecule has 0 bridgehead atoms. The molecule has 0 spiro atoms. The highest BCUT2D eigenvalue weighted by atomic mass is 16.5. The lowest BCUT2D eigenvalue weighted by atomic mass is 9.99. The van der Waals surface area contributed by atoms with Crippen molar-refractivity contribution < 1.29 is 9.53 Å². The Morgan fingerprint density at radius 2 is 1.80 bits per heavy atom. The smallest absolute Gasteiger partial charge is 0.282 e. The number of rotatable bonds is 6. The van der Waals surface area contributed by atoms with Gasteiger partial charge in [-0.3, -0.25) is 14.3 Å². The van der Waals surface area contributed by atoms with Gasteiger partial charge < -0.3 is 4.74 Å². The van der Waals surface area contributed by atoms with Crippen LogP contribution in [0.3, 0.4) is 0 Å². The first kappa shape index (κ1) is 21.1. The Bertz CT molecular complexity index is 1580. The third-order valence-electron chi connectivity index (χ3n) is 6.30. The maximum absolute atomic E-state index is 13.4. The normalized spacial score (nSPS) is 13.0. The van der Waals surface area contributed by atoms with Crippen LogP contribution in [0.1, 0.15) is 34.5 Å². The van der Waals surface area contributed by atoms with Crippen LogP contribution < -0.4 is 10.3 Å². The van der Waals surface area contributed by atoms with Crippen molar-refractivity contribution in [1.29, 1.82) is 0 Å². The molecule has 6 rings (SSSR count). The van der Waals surface area contributed by atoms with Crippen molar-refractivity contribution in [2.75, 3.05) is 0 Å². The topological polar surface area (TPSA) is 83.4 Å². The summed E-state index contributed by atoms with van der Waals surface area (Å²) in [4.78, 5) is 31.2. The van der Waals surface area contributed by atoms with E-state index >= 15 is 0 Å². The second-order valence-corrected chi connectivity index (χ2v) is 8.60. The van der Waals surface area contributed by atoms with Gasteiger partial charge in [0.15, 0.2) is 11.4 Å². The van der Waals surface area contributed by atoms with Crippen LogP contribution in [0.5, 0.6) is 11.6 Å². The first-order valence-electron chi connectivity index (χ1n) is 11.7. The summed E-state index contributed by atoms with van der Waals surface area (Å²) in [5, 5.41) is 4.12. The minimum absolute atomic E-state index is 0.154. The van der Waals surface area contributed by atoms with Crippen molar-refractivity contribution in [2.45, 2.75) is 32.2 Å². The summed E-state index contributed by atoms with van der Waals surface area (Å²) in [6, 6.07) is 20.4. The third kappa shape index (κ3) is 3.93. The lowest BCUT2D eigenvalue weighted by Gasteiger charge is -2.19. The lowest BCUT2D eigenvalue weighted by Crippen LogP contribution is -2.24. The Kier molecular flexibility index (Phi) is 5.25. The zero-order valence-corrected chi connectivity index (χ0v) is 19.0. The standard InChI is InChI=1S/C27H23N5O3/c33-23(26-22-8-4-5-16-31(22)32(27(26)34)20-6-2-1-3-7-20)18-19-9-11-21(12-10-19)35-25-14-17-30-24(29-25)13-15-28-30/h1-3,6-7,9-15,17H,4-5,8,16,18H2. The average Bonchev–Trinajstić information content (AvgIpc) is 3.47. The number of ether oxygens (including phenoxy) is 1. The van der Waals surface area contributed by atoms with Crippen molar-refractivity contribution in [3.05, 3.63) is 106 Å². The summed E-state index contributed by atoms with van der Waals surface area (Å²) in [6.07, 6.45) is 6.31.